The number of hydrogen-bond donors (Lipinski definition) is 1. The molecule has 0 aliphatic rings. The van der Waals surface area contributed by atoms with Gasteiger partial charge in [0, 0.05) is 4.88 Å². The van der Waals surface area contributed by atoms with Crippen molar-refractivity contribution in [3.05, 3.63) is 58.3 Å². The monoisotopic (exact) mass is 232 g/mol. The van der Waals surface area contributed by atoms with E-state index in [2.05, 4.69) is 6.92 Å². The van der Waals surface area contributed by atoms with Crippen molar-refractivity contribution in [1.82, 2.24) is 0 Å². The maximum absolute atomic E-state index is 10.9. The third-order valence-electron chi connectivity index (χ3n) is 2.79. The van der Waals surface area contributed by atoms with Gasteiger partial charge in [0.25, 0.3) is 0 Å². The molecule has 1 unspecified atom stereocenters. The Morgan fingerprint density at radius 1 is 1.12 bits per heavy atom. The molecule has 1 nitrogen and oxygen atoms in total. The predicted molar refractivity (Wildman–Crippen MR) is 68.7 cm³/mol. The minimum Gasteiger partial charge on any atom is -0.380 e. The zero-order chi connectivity index (χ0) is 11.4. The van der Waals surface area contributed by atoms with E-state index in [0.29, 0.717) is 0 Å². The fraction of sp³-hybridized carbons (Fsp3) is 0.286. The summed E-state index contributed by atoms with van der Waals surface area (Å²) in [4.78, 5) is 1.03. The maximum Gasteiger partial charge on any atom is 0.124 e. The fourth-order valence-corrected chi connectivity index (χ4v) is 2.88. The van der Waals surface area contributed by atoms with Crippen LogP contribution in [-0.2, 0) is 5.60 Å². The predicted octanol–water partition coefficient (Wildman–Crippen LogP) is 3.78. The van der Waals surface area contributed by atoms with Gasteiger partial charge in [0.2, 0.25) is 0 Å². The first kappa shape index (κ1) is 11.4. The van der Waals surface area contributed by atoms with Crippen LogP contribution in [0.15, 0.2) is 47.8 Å². The summed E-state index contributed by atoms with van der Waals surface area (Å²) in [5.41, 5.74) is 0.170. The van der Waals surface area contributed by atoms with Gasteiger partial charge in [0.15, 0.2) is 0 Å². The van der Waals surface area contributed by atoms with Crippen molar-refractivity contribution in [2.24, 2.45) is 0 Å². The van der Waals surface area contributed by atoms with E-state index in [4.69, 9.17) is 0 Å². The van der Waals surface area contributed by atoms with Gasteiger partial charge in [-0.2, -0.15) is 0 Å². The van der Waals surface area contributed by atoms with E-state index in [1.165, 1.54) is 0 Å². The van der Waals surface area contributed by atoms with Crippen LogP contribution in [0.4, 0.5) is 0 Å². The molecule has 2 aromatic rings. The summed E-state index contributed by atoms with van der Waals surface area (Å²) in [6, 6.07) is 13.9. The summed E-state index contributed by atoms with van der Waals surface area (Å²) < 4.78 is 0. The van der Waals surface area contributed by atoms with Gasteiger partial charge >= 0.3 is 0 Å². The molecule has 1 aromatic heterocycles. The van der Waals surface area contributed by atoms with E-state index in [0.717, 1.165) is 23.3 Å². The lowest BCUT2D eigenvalue weighted by molar-refractivity contribution is 0.0740. The van der Waals surface area contributed by atoms with Gasteiger partial charge in [0.05, 0.1) is 0 Å². The molecule has 0 radical (unpaired) electrons. The van der Waals surface area contributed by atoms with E-state index in [-0.39, 0.29) is 0 Å². The summed E-state index contributed by atoms with van der Waals surface area (Å²) >= 11 is 1.61. The summed E-state index contributed by atoms with van der Waals surface area (Å²) in [6.07, 6.45) is 1.72. The molecule has 0 saturated heterocycles. The lowest BCUT2D eigenvalue weighted by Gasteiger charge is -2.27. The molecular weight excluding hydrogens is 216 g/mol. The van der Waals surface area contributed by atoms with Gasteiger partial charge < -0.3 is 5.11 Å². The number of aliphatic hydroxyl groups is 1. The Labute approximate surface area is 100 Å². The van der Waals surface area contributed by atoms with Gasteiger partial charge in [-0.1, -0.05) is 49.7 Å². The van der Waals surface area contributed by atoms with Crippen LogP contribution < -0.4 is 0 Å². The van der Waals surface area contributed by atoms with Crippen molar-refractivity contribution in [1.29, 1.82) is 0 Å². The van der Waals surface area contributed by atoms with Gasteiger partial charge in [-0.25, -0.2) is 0 Å². The Morgan fingerprint density at radius 3 is 2.44 bits per heavy atom. The third-order valence-corrected chi connectivity index (χ3v) is 3.81. The fourth-order valence-electron chi connectivity index (χ4n) is 2.00. The molecule has 0 saturated carbocycles. The van der Waals surface area contributed by atoms with Crippen molar-refractivity contribution in [3.63, 3.8) is 0 Å². The quantitative estimate of drug-likeness (QED) is 0.850. The zero-order valence-electron chi connectivity index (χ0n) is 9.39. The molecule has 0 spiro atoms. The molecule has 0 amide bonds. The Balaban J connectivity index is 2.44. The SMILES string of the molecule is CCCC(O)(c1ccccc1)c1cccs1. The minimum absolute atomic E-state index is 0.761. The largest absolute Gasteiger partial charge is 0.380 e. The standard InChI is InChI=1S/C14H16OS/c1-2-10-14(15,13-9-6-11-16-13)12-7-4-3-5-8-12/h3-9,11,15H,2,10H2,1H3. The molecule has 1 atom stereocenters. The van der Waals surface area contributed by atoms with Gasteiger partial charge in [-0.05, 0) is 23.4 Å². The summed E-state index contributed by atoms with van der Waals surface area (Å²) in [5, 5.41) is 12.9. The smallest absolute Gasteiger partial charge is 0.124 e. The van der Waals surface area contributed by atoms with Crippen molar-refractivity contribution in [3.8, 4) is 0 Å². The Morgan fingerprint density at radius 2 is 1.88 bits per heavy atom. The molecule has 0 fully saturated rings. The highest BCUT2D eigenvalue weighted by atomic mass is 32.1. The molecular formula is C14H16OS. The molecule has 2 rings (SSSR count). The third kappa shape index (κ3) is 2.04. The zero-order valence-corrected chi connectivity index (χ0v) is 10.2. The minimum atomic E-state index is -0.815. The molecule has 1 N–H and O–H groups in total. The van der Waals surface area contributed by atoms with E-state index in [9.17, 15) is 5.11 Å². The average molecular weight is 232 g/mol. The van der Waals surface area contributed by atoms with Crippen molar-refractivity contribution in [2.45, 2.75) is 25.4 Å². The summed E-state index contributed by atoms with van der Waals surface area (Å²) in [7, 11) is 0. The highest BCUT2D eigenvalue weighted by molar-refractivity contribution is 7.10. The van der Waals surface area contributed by atoms with E-state index >= 15 is 0 Å². The van der Waals surface area contributed by atoms with Crippen molar-refractivity contribution in [2.75, 3.05) is 0 Å². The maximum atomic E-state index is 10.9. The number of benzene rings is 1. The Hall–Kier alpha value is -1.12. The molecule has 2 heteroatoms. The van der Waals surface area contributed by atoms with Crippen LogP contribution in [0.5, 0.6) is 0 Å². The van der Waals surface area contributed by atoms with Crippen molar-refractivity contribution < 1.29 is 5.11 Å². The first-order valence-corrected chi connectivity index (χ1v) is 6.47. The van der Waals surface area contributed by atoms with Gasteiger partial charge in [-0.3, -0.25) is 0 Å². The topological polar surface area (TPSA) is 20.2 Å². The van der Waals surface area contributed by atoms with E-state index in [1.807, 2.05) is 47.8 Å². The van der Waals surface area contributed by atoms with Crippen LogP contribution in [-0.4, -0.2) is 5.11 Å². The molecule has 0 bridgehead atoms. The van der Waals surface area contributed by atoms with Crippen molar-refractivity contribution >= 4 is 11.3 Å². The van der Waals surface area contributed by atoms with Crippen LogP contribution in [0.2, 0.25) is 0 Å². The lowest BCUT2D eigenvalue weighted by Crippen LogP contribution is -2.25. The molecule has 0 aliphatic carbocycles. The van der Waals surface area contributed by atoms with Crippen LogP contribution in [0.1, 0.15) is 30.2 Å². The Kier molecular flexibility index (Phi) is 3.42. The summed E-state index contributed by atoms with van der Waals surface area (Å²) in [6.45, 7) is 2.10. The second-order valence-corrected chi connectivity index (χ2v) is 4.90. The summed E-state index contributed by atoms with van der Waals surface area (Å²) in [5.74, 6) is 0. The number of rotatable bonds is 4. The average Bonchev–Trinajstić information content (AvgIpc) is 2.84. The first-order chi connectivity index (χ1) is 7.77. The van der Waals surface area contributed by atoms with Crippen LogP contribution in [0, 0.1) is 0 Å². The molecule has 84 valence electrons. The van der Waals surface area contributed by atoms with Crippen LogP contribution in [0.25, 0.3) is 0 Å². The molecule has 0 aliphatic heterocycles. The van der Waals surface area contributed by atoms with Crippen LogP contribution >= 0.6 is 11.3 Å². The second-order valence-electron chi connectivity index (χ2n) is 3.95. The molecule has 1 heterocycles. The molecule has 1 aromatic carbocycles. The van der Waals surface area contributed by atoms with Gasteiger partial charge in [-0.15, -0.1) is 11.3 Å². The first-order valence-electron chi connectivity index (χ1n) is 5.59. The number of hydrogen-bond acceptors (Lipinski definition) is 2. The van der Waals surface area contributed by atoms with Crippen LogP contribution in [0.3, 0.4) is 0 Å². The lowest BCUT2D eigenvalue weighted by atomic mass is 9.88. The highest BCUT2D eigenvalue weighted by Gasteiger charge is 2.31. The molecule has 16 heavy (non-hydrogen) atoms. The Bertz CT molecular complexity index is 421. The van der Waals surface area contributed by atoms with E-state index < -0.39 is 5.60 Å². The number of thiophene rings is 1. The second kappa shape index (κ2) is 4.81. The van der Waals surface area contributed by atoms with E-state index in [1.54, 1.807) is 11.3 Å². The highest BCUT2D eigenvalue weighted by Crippen LogP contribution is 2.36. The normalized spacial score (nSPS) is 14.6. The van der Waals surface area contributed by atoms with Gasteiger partial charge in [0.1, 0.15) is 5.60 Å².